The van der Waals surface area contributed by atoms with Crippen LogP contribution in [0.3, 0.4) is 0 Å². The largest absolute Gasteiger partial charge is 0.497 e. The Balaban J connectivity index is 0.00000144. The second-order valence-electron chi connectivity index (χ2n) is 5.28. The SMILES string of the molecule is COc1ccc(-c2nc(C(=O)NC3CCCNC3)cs2)cc1.Cl.Cl. The summed E-state index contributed by atoms with van der Waals surface area (Å²) in [5.74, 6) is 0.716. The fourth-order valence-electron chi connectivity index (χ4n) is 2.48. The quantitative estimate of drug-likeness (QED) is 0.842. The second-order valence-corrected chi connectivity index (χ2v) is 6.14. The van der Waals surface area contributed by atoms with Gasteiger partial charge < -0.3 is 15.4 Å². The Labute approximate surface area is 158 Å². The molecule has 2 aromatic rings. The lowest BCUT2D eigenvalue weighted by Gasteiger charge is -2.23. The first-order chi connectivity index (χ1) is 10.8. The van der Waals surface area contributed by atoms with Crippen LogP contribution in [0.2, 0.25) is 0 Å². The molecule has 5 nitrogen and oxygen atoms in total. The van der Waals surface area contributed by atoms with Gasteiger partial charge in [0.25, 0.3) is 5.91 Å². The highest BCUT2D eigenvalue weighted by molar-refractivity contribution is 7.13. The van der Waals surface area contributed by atoms with E-state index in [0.29, 0.717) is 5.69 Å². The number of thiazole rings is 1. The Morgan fingerprint density at radius 2 is 2.08 bits per heavy atom. The number of rotatable bonds is 4. The normalized spacial score (nSPS) is 16.5. The minimum atomic E-state index is -0.0929. The van der Waals surface area contributed by atoms with Crippen LogP contribution in [0.4, 0.5) is 0 Å². The summed E-state index contributed by atoms with van der Waals surface area (Å²) in [6.45, 7) is 1.87. The van der Waals surface area contributed by atoms with Crippen molar-refractivity contribution in [3.8, 4) is 16.3 Å². The Morgan fingerprint density at radius 1 is 1.33 bits per heavy atom. The maximum atomic E-state index is 12.2. The number of piperidine rings is 1. The van der Waals surface area contributed by atoms with Crippen LogP contribution in [0.25, 0.3) is 10.6 Å². The van der Waals surface area contributed by atoms with Gasteiger partial charge in [0.15, 0.2) is 0 Å². The van der Waals surface area contributed by atoms with Gasteiger partial charge in [-0.2, -0.15) is 0 Å². The van der Waals surface area contributed by atoms with Gasteiger partial charge in [-0.05, 0) is 43.7 Å². The number of carbonyl (C=O) groups is 1. The highest BCUT2D eigenvalue weighted by atomic mass is 35.5. The van der Waals surface area contributed by atoms with E-state index in [1.807, 2.05) is 29.6 Å². The van der Waals surface area contributed by atoms with Crippen molar-refractivity contribution in [2.75, 3.05) is 20.2 Å². The fourth-order valence-corrected chi connectivity index (χ4v) is 3.28. The molecule has 1 aliphatic heterocycles. The summed E-state index contributed by atoms with van der Waals surface area (Å²) in [6.07, 6.45) is 2.12. The molecule has 0 spiro atoms. The summed E-state index contributed by atoms with van der Waals surface area (Å²) in [4.78, 5) is 16.7. The van der Waals surface area contributed by atoms with Crippen molar-refractivity contribution in [3.63, 3.8) is 0 Å². The van der Waals surface area contributed by atoms with Crippen molar-refractivity contribution in [2.24, 2.45) is 0 Å². The van der Waals surface area contributed by atoms with Crippen molar-refractivity contribution in [1.82, 2.24) is 15.6 Å². The van der Waals surface area contributed by atoms with E-state index in [1.54, 1.807) is 7.11 Å². The van der Waals surface area contributed by atoms with Gasteiger partial charge in [-0.3, -0.25) is 4.79 Å². The lowest BCUT2D eigenvalue weighted by molar-refractivity contribution is 0.0926. The second kappa shape index (κ2) is 9.84. The summed E-state index contributed by atoms with van der Waals surface area (Å²) >= 11 is 1.48. The number of aromatic nitrogens is 1. The number of nitrogens with zero attached hydrogens (tertiary/aromatic N) is 1. The van der Waals surface area contributed by atoms with Gasteiger partial charge in [0.05, 0.1) is 7.11 Å². The first-order valence-corrected chi connectivity index (χ1v) is 8.26. The smallest absolute Gasteiger partial charge is 0.271 e. The van der Waals surface area contributed by atoms with Gasteiger partial charge in [0.2, 0.25) is 0 Å². The number of halogens is 2. The van der Waals surface area contributed by atoms with E-state index in [9.17, 15) is 4.79 Å². The molecule has 1 atom stereocenters. The van der Waals surface area contributed by atoms with Gasteiger partial charge >= 0.3 is 0 Å². The molecule has 24 heavy (non-hydrogen) atoms. The van der Waals surface area contributed by atoms with Crippen molar-refractivity contribution >= 4 is 42.1 Å². The molecule has 1 saturated heterocycles. The summed E-state index contributed by atoms with van der Waals surface area (Å²) in [7, 11) is 1.64. The molecule has 3 rings (SSSR count). The first kappa shape index (κ1) is 20.7. The van der Waals surface area contributed by atoms with Crippen molar-refractivity contribution < 1.29 is 9.53 Å². The predicted octanol–water partition coefficient (Wildman–Crippen LogP) is 3.14. The zero-order valence-electron chi connectivity index (χ0n) is 13.3. The van der Waals surface area contributed by atoms with E-state index >= 15 is 0 Å². The maximum Gasteiger partial charge on any atom is 0.271 e. The number of benzene rings is 1. The third-order valence-electron chi connectivity index (χ3n) is 3.71. The summed E-state index contributed by atoms with van der Waals surface area (Å²) < 4.78 is 5.15. The molecular weight excluding hydrogens is 369 g/mol. The molecule has 0 saturated carbocycles. The van der Waals surface area contributed by atoms with Crippen LogP contribution in [-0.4, -0.2) is 37.1 Å². The molecule has 1 aromatic heterocycles. The molecule has 0 radical (unpaired) electrons. The fraction of sp³-hybridized carbons (Fsp3) is 0.375. The van der Waals surface area contributed by atoms with Crippen LogP contribution < -0.4 is 15.4 Å². The van der Waals surface area contributed by atoms with E-state index in [1.165, 1.54) is 11.3 Å². The molecule has 0 aliphatic carbocycles. The molecule has 1 amide bonds. The van der Waals surface area contributed by atoms with E-state index in [0.717, 1.165) is 42.3 Å². The number of nitrogens with one attached hydrogen (secondary N) is 2. The third kappa shape index (κ3) is 5.08. The molecule has 132 valence electrons. The van der Waals surface area contributed by atoms with Crippen molar-refractivity contribution in [1.29, 1.82) is 0 Å². The van der Waals surface area contributed by atoms with E-state index in [4.69, 9.17) is 4.74 Å². The molecule has 8 heteroatoms. The number of ether oxygens (including phenoxy) is 1. The zero-order valence-corrected chi connectivity index (χ0v) is 15.7. The molecule has 2 heterocycles. The lowest BCUT2D eigenvalue weighted by atomic mass is 10.1. The summed E-state index contributed by atoms with van der Waals surface area (Å²) in [6, 6.07) is 7.88. The highest BCUT2D eigenvalue weighted by Crippen LogP contribution is 2.25. The minimum absolute atomic E-state index is 0. The van der Waals surface area contributed by atoms with Crippen molar-refractivity contribution in [3.05, 3.63) is 35.3 Å². The predicted molar refractivity (Wildman–Crippen MR) is 102 cm³/mol. The number of amides is 1. The number of methoxy groups -OCH3 is 1. The maximum absolute atomic E-state index is 12.2. The number of carbonyl (C=O) groups excluding carboxylic acids is 1. The summed E-state index contributed by atoms with van der Waals surface area (Å²) in [5, 5.41) is 8.98. The Morgan fingerprint density at radius 3 is 2.71 bits per heavy atom. The topological polar surface area (TPSA) is 63.2 Å². The summed E-state index contributed by atoms with van der Waals surface area (Å²) in [5.41, 5.74) is 1.48. The molecule has 1 aliphatic rings. The van der Waals surface area contributed by atoms with Crippen LogP contribution in [-0.2, 0) is 0 Å². The minimum Gasteiger partial charge on any atom is -0.497 e. The Kier molecular flexibility index (Phi) is 8.48. The molecule has 2 N–H and O–H groups in total. The molecule has 1 fully saturated rings. The van der Waals surface area contributed by atoms with E-state index < -0.39 is 0 Å². The van der Waals surface area contributed by atoms with Crippen LogP contribution in [0.15, 0.2) is 29.6 Å². The van der Waals surface area contributed by atoms with Crippen LogP contribution in [0.5, 0.6) is 5.75 Å². The van der Waals surface area contributed by atoms with E-state index in [-0.39, 0.29) is 36.8 Å². The average molecular weight is 390 g/mol. The van der Waals surface area contributed by atoms with Crippen LogP contribution >= 0.6 is 36.2 Å². The van der Waals surface area contributed by atoms with Crippen LogP contribution in [0.1, 0.15) is 23.3 Å². The lowest BCUT2D eigenvalue weighted by Crippen LogP contribution is -2.45. The Hall–Kier alpha value is -1.34. The molecule has 0 bridgehead atoms. The van der Waals surface area contributed by atoms with Gasteiger partial charge in [0, 0.05) is 23.5 Å². The zero-order chi connectivity index (χ0) is 15.4. The van der Waals surface area contributed by atoms with Crippen molar-refractivity contribution in [2.45, 2.75) is 18.9 Å². The Bertz CT molecular complexity index is 643. The number of hydrogen-bond donors (Lipinski definition) is 2. The van der Waals surface area contributed by atoms with Gasteiger partial charge in [0.1, 0.15) is 16.5 Å². The first-order valence-electron chi connectivity index (χ1n) is 7.38. The standard InChI is InChI=1S/C16H19N3O2S.2ClH/c1-21-13-6-4-11(5-7-13)16-19-14(10-22-16)15(20)18-12-3-2-8-17-9-12;;/h4-7,10,12,17H,2-3,8-9H2,1H3,(H,18,20);2*1H. The van der Waals surface area contributed by atoms with Gasteiger partial charge in [-0.15, -0.1) is 36.2 Å². The highest BCUT2D eigenvalue weighted by Gasteiger charge is 2.18. The molecule has 1 unspecified atom stereocenters. The average Bonchev–Trinajstić information content (AvgIpc) is 3.06. The number of hydrogen-bond acceptors (Lipinski definition) is 5. The van der Waals surface area contributed by atoms with Crippen LogP contribution in [0, 0.1) is 0 Å². The third-order valence-corrected chi connectivity index (χ3v) is 4.60. The van der Waals surface area contributed by atoms with Gasteiger partial charge in [-0.1, -0.05) is 0 Å². The van der Waals surface area contributed by atoms with Gasteiger partial charge in [-0.25, -0.2) is 4.98 Å². The molecular formula is C16H21Cl2N3O2S. The van der Waals surface area contributed by atoms with E-state index in [2.05, 4.69) is 15.6 Å². The monoisotopic (exact) mass is 389 g/mol. The molecule has 1 aromatic carbocycles.